The third kappa shape index (κ3) is 1.32. The molecule has 3 rings (SSSR count). The van der Waals surface area contributed by atoms with Crippen LogP contribution < -0.4 is 4.73 Å². The highest BCUT2D eigenvalue weighted by Gasteiger charge is 2.23. The molecule has 0 saturated heterocycles. The van der Waals surface area contributed by atoms with Gasteiger partial charge in [-0.25, -0.2) is 4.73 Å². The van der Waals surface area contributed by atoms with Crippen LogP contribution in [0, 0.1) is 5.21 Å². The van der Waals surface area contributed by atoms with Gasteiger partial charge < -0.3 is 5.21 Å². The number of para-hydroxylation sites is 2. The average Bonchev–Trinajstić information content (AvgIpc) is 2.64. The van der Waals surface area contributed by atoms with E-state index >= 15 is 0 Å². The normalized spacial score (nSPS) is 10.8. The van der Waals surface area contributed by atoms with E-state index in [2.05, 4.69) is 4.98 Å². The van der Waals surface area contributed by atoms with Crippen LogP contribution in [0.3, 0.4) is 0 Å². The minimum Gasteiger partial charge on any atom is -0.710 e. The van der Waals surface area contributed by atoms with E-state index in [1.807, 2.05) is 0 Å². The Kier molecular flexibility index (Phi) is 1.98. The quantitative estimate of drug-likeness (QED) is 0.466. The van der Waals surface area contributed by atoms with Crippen molar-refractivity contribution in [1.82, 2.24) is 9.71 Å². The van der Waals surface area contributed by atoms with Crippen LogP contribution in [0.2, 0.25) is 0 Å². The van der Waals surface area contributed by atoms with Crippen LogP contribution in [-0.2, 0) is 5.21 Å². The summed E-state index contributed by atoms with van der Waals surface area (Å²) >= 11 is 0. The van der Waals surface area contributed by atoms with Crippen molar-refractivity contribution in [2.45, 2.75) is 0 Å². The van der Waals surface area contributed by atoms with Crippen molar-refractivity contribution in [2.75, 3.05) is 0 Å². The Morgan fingerprint density at radius 3 is 2.53 bits per heavy atom. The molecule has 5 nitrogen and oxygen atoms in total. The van der Waals surface area contributed by atoms with Crippen molar-refractivity contribution in [3.63, 3.8) is 0 Å². The second kappa shape index (κ2) is 3.48. The first-order valence-corrected chi connectivity index (χ1v) is 5.10. The first-order valence-electron chi connectivity index (χ1n) is 5.10. The summed E-state index contributed by atoms with van der Waals surface area (Å²) in [5.74, 6) is 0.0774. The van der Waals surface area contributed by atoms with E-state index in [1.165, 1.54) is 0 Å². The van der Waals surface area contributed by atoms with Crippen molar-refractivity contribution in [3.8, 4) is 11.4 Å². The predicted molar refractivity (Wildman–Crippen MR) is 60.2 cm³/mol. The standard InChI is InChI=1S/C12H8N3O2/c16-14-10-3-1-2-4-11(10)15(17)12(14)9-5-7-13-8-6-9/h1-8H. The Morgan fingerprint density at radius 1 is 1.12 bits per heavy atom. The molecule has 1 aromatic carbocycles. The van der Waals surface area contributed by atoms with Crippen LogP contribution in [0.1, 0.15) is 0 Å². The van der Waals surface area contributed by atoms with Crippen LogP contribution >= 0.6 is 0 Å². The van der Waals surface area contributed by atoms with E-state index in [-0.39, 0.29) is 5.82 Å². The first kappa shape index (κ1) is 9.65. The molecule has 17 heavy (non-hydrogen) atoms. The number of hydrogen-bond donors (Lipinski definition) is 0. The van der Waals surface area contributed by atoms with Gasteiger partial charge in [0.1, 0.15) is 0 Å². The largest absolute Gasteiger partial charge is 0.710 e. The number of pyridine rings is 1. The highest BCUT2D eigenvalue weighted by molar-refractivity contribution is 5.75. The van der Waals surface area contributed by atoms with Gasteiger partial charge in [0, 0.05) is 17.1 Å². The summed E-state index contributed by atoms with van der Waals surface area (Å²) in [5, 5.41) is 24.1. The molecule has 0 aliphatic rings. The SMILES string of the molecule is [O]n1c(-c2ccncc2)[n+]([O-])c2ccccc21. The molecule has 2 aromatic heterocycles. The molecule has 83 valence electrons. The average molecular weight is 226 g/mol. The first-order chi connectivity index (χ1) is 8.29. The third-order valence-corrected chi connectivity index (χ3v) is 2.64. The molecule has 0 atom stereocenters. The third-order valence-electron chi connectivity index (χ3n) is 2.64. The minimum atomic E-state index is 0.0774. The summed E-state index contributed by atoms with van der Waals surface area (Å²) in [5.41, 5.74) is 1.30. The van der Waals surface area contributed by atoms with E-state index in [4.69, 9.17) is 0 Å². The lowest BCUT2D eigenvalue weighted by Crippen LogP contribution is -2.27. The van der Waals surface area contributed by atoms with Gasteiger partial charge in [0.15, 0.2) is 5.52 Å². The Balaban J connectivity index is 2.38. The number of aromatic nitrogens is 3. The van der Waals surface area contributed by atoms with Gasteiger partial charge in [0.05, 0.1) is 5.56 Å². The molecule has 2 heterocycles. The Hall–Kier alpha value is -2.56. The maximum Gasteiger partial charge on any atom is 0.337 e. The van der Waals surface area contributed by atoms with Crippen molar-refractivity contribution in [3.05, 3.63) is 54.0 Å². The summed E-state index contributed by atoms with van der Waals surface area (Å²) in [6.45, 7) is 0. The number of benzene rings is 1. The number of nitrogens with zero attached hydrogens (tertiary/aromatic N) is 3. The summed E-state index contributed by atoms with van der Waals surface area (Å²) in [6, 6.07) is 9.98. The van der Waals surface area contributed by atoms with Gasteiger partial charge in [-0.2, -0.15) is 0 Å². The van der Waals surface area contributed by atoms with Crippen molar-refractivity contribution < 1.29 is 9.94 Å². The van der Waals surface area contributed by atoms with Gasteiger partial charge in [-0.05, 0) is 24.3 Å². The monoisotopic (exact) mass is 226 g/mol. The molecule has 0 unspecified atom stereocenters. The van der Waals surface area contributed by atoms with Crippen molar-refractivity contribution in [2.24, 2.45) is 0 Å². The predicted octanol–water partition coefficient (Wildman–Crippen LogP) is 1.53. The number of rotatable bonds is 1. The molecule has 3 aromatic rings. The molecule has 0 aliphatic heterocycles. The molecular formula is C12H8N3O2. The molecule has 0 N–H and O–H groups in total. The number of imidazole rings is 1. The topological polar surface area (TPSA) is 64.7 Å². The molecule has 0 spiro atoms. The zero-order chi connectivity index (χ0) is 11.8. The van der Waals surface area contributed by atoms with Gasteiger partial charge in [-0.1, -0.05) is 17.3 Å². The fraction of sp³-hybridized carbons (Fsp3) is 0. The van der Waals surface area contributed by atoms with Crippen LogP contribution in [0.5, 0.6) is 0 Å². The lowest BCUT2D eigenvalue weighted by molar-refractivity contribution is -0.567. The second-order valence-corrected chi connectivity index (χ2v) is 3.64. The molecular weight excluding hydrogens is 218 g/mol. The maximum absolute atomic E-state index is 12.0. The fourth-order valence-electron chi connectivity index (χ4n) is 1.85. The Bertz CT molecular complexity index is 638. The van der Waals surface area contributed by atoms with Crippen LogP contribution in [0.15, 0.2) is 48.8 Å². The van der Waals surface area contributed by atoms with Crippen LogP contribution in [0.25, 0.3) is 22.4 Å². The molecule has 1 radical (unpaired) electrons. The highest BCUT2D eigenvalue weighted by Crippen LogP contribution is 2.20. The summed E-state index contributed by atoms with van der Waals surface area (Å²) < 4.78 is 1.30. The van der Waals surface area contributed by atoms with Gasteiger partial charge in [0.2, 0.25) is 5.52 Å². The van der Waals surface area contributed by atoms with Gasteiger partial charge in [-0.15, -0.1) is 0 Å². The minimum absolute atomic E-state index is 0.0774. The molecule has 0 saturated carbocycles. The van der Waals surface area contributed by atoms with Crippen LogP contribution in [0.4, 0.5) is 0 Å². The molecule has 5 heteroatoms. The molecule has 0 bridgehead atoms. The molecule has 0 amide bonds. The van der Waals surface area contributed by atoms with Crippen molar-refractivity contribution >= 4 is 11.0 Å². The lowest BCUT2D eigenvalue weighted by atomic mass is 10.2. The summed E-state index contributed by atoms with van der Waals surface area (Å²) in [6.07, 6.45) is 3.10. The highest BCUT2D eigenvalue weighted by atomic mass is 16.5. The lowest BCUT2D eigenvalue weighted by Gasteiger charge is -2.01. The van der Waals surface area contributed by atoms with Crippen LogP contribution in [-0.4, -0.2) is 9.71 Å². The van der Waals surface area contributed by atoms with E-state index in [9.17, 15) is 10.4 Å². The smallest absolute Gasteiger partial charge is 0.337 e. The van der Waals surface area contributed by atoms with E-state index in [0.29, 0.717) is 26.1 Å². The zero-order valence-corrected chi connectivity index (χ0v) is 8.78. The van der Waals surface area contributed by atoms with E-state index in [0.717, 1.165) is 0 Å². The van der Waals surface area contributed by atoms with Crippen molar-refractivity contribution in [1.29, 1.82) is 0 Å². The molecule has 0 aliphatic carbocycles. The second-order valence-electron chi connectivity index (χ2n) is 3.64. The van der Waals surface area contributed by atoms with E-state index in [1.54, 1.807) is 48.8 Å². The zero-order valence-electron chi connectivity index (χ0n) is 8.78. The maximum atomic E-state index is 12.0. The van der Waals surface area contributed by atoms with E-state index < -0.39 is 0 Å². The van der Waals surface area contributed by atoms with Gasteiger partial charge in [0.25, 0.3) is 0 Å². The number of fused-ring (bicyclic) bond motifs is 1. The molecule has 0 fully saturated rings. The Labute approximate surface area is 96.7 Å². The van der Waals surface area contributed by atoms with Gasteiger partial charge >= 0.3 is 5.82 Å². The van der Waals surface area contributed by atoms with Gasteiger partial charge in [-0.3, -0.25) is 4.98 Å². The fourth-order valence-corrected chi connectivity index (χ4v) is 1.85. The summed E-state index contributed by atoms with van der Waals surface area (Å²) in [4.78, 5) is 3.86. The summed E-state index contributed by atoms with van der Waals surface area (Å²) in [7, 11) is 0. The number of hydrogen-bond acceptors (Lipinski definition) is 2. The Morgan fingerprint density at radius 2 is 1.82 bits per heavy atom.